The first-order valence-electron chi connectivity index (χ1n) is 11.4. The maximum atomic E-state index is 13.6. The number of nitrogens with zero attached hydrogens (tertiary/aromatic N) is 3. The molecule has 0 aromatic heterocycles. The Morgan fingerprint density at radius 1 is 1.09 bits per heavy atom. The van der Waals surface area contributed by atoms with E-state index in [9.17, 15) is 23.3 Å². The average molecular weight is 474 g/mol. The third kappa shape index (κ3) is 5.90. The van der Waals surface area contributed by atoms with Crippen molar-refractivity contribution in [2.75, 3.05) is 23.9 Å². The van der Waals surface area contributed by atoms with Gasteiger partial charge in [0.05, 0.1) is 15.5 Å². The van der Waals surface area contributed by atoms with Crippen molar-refractivity contribution in [3.05, 3.63) is 64.2 Å². The molecular weight excluding hydrogens is 442 g/mol. The summed E-state index contributed by atoms with van der Waals surface area (Å²) >= 11 is 0. The van der Waals surface area contributed by atoms with Gasteiger partial charge in [-0.05, 0) is 48.9 Å². The van der Waals surface area contributed by atoms with Gasteiger partial charge in [0.15, 0.2) is 0 Å². The summed E-state index contributed by atoms with van der Waals surface area (Å²) < 4.78 is 28.3. The first-order valence-corrected chi connectivity index (χ1v) is 12.8. The number of carbonyl (C=O) groups is 1. The van der Waals surface area contributed by atoms with E-state index in [4.69, 9.17) is 0 Å². The molecule has 0 saturated carbocycles. The monoisotopic (exact) mass is 473 g/mol. The van der Waals surface area contributed by atoms with Crippen molar-refractivity contribution in [3.63, 3.8) is 0 Å². The fourth-order valence-corrected chi connectivity index (χ4v) is 5.40. The molecule has 1 unspecified atom stereocenters. The van der Waals surface area contributed by atoms with E-state index in [1.807, 2.05) is 12.1 Å². The molecule has 8 nitrogen and oxygen atoms in total. The number of nitro benzene ring substituents is 1. The molecule has 3 rings (SSSR count). The highest BCUT2D eigenvalue weighted by Gasteiger charge is 2.30. The summed E-state index contributed by atoms with van der Waals surface area (Å²) in [5.74, 6) is 0.0523. The number of hydrogen-bond acceptors (Lipinski definition) is 5. The predicted octanol–water partition coefficient (Wildman–Crippen LogP) is 4.71. The minimum absolute atomic E-state index is 0.216. The third-order valence-corrected chi connectivity index (χ3v) is 7.99. The highest BCUT2D eigenvalue weighted by Crippen LogP contribution is 2.28. The van der Waals surface area contributed by atoms with Gasteiger partial charge < -0.3 is 4.90 Å². The molecule has 33 heavy (non-hydrogen) atoms. The third-order valence-electron chi connectivity index (χ3n) is 6.22. The zero-order chi connectivity index (χ0) is 24.0. The van der Waals surface area contributed by atoms with Gasteiger partial charge in [-0.3, -0.25) is 19.2 Å². The molecule has 1 atom stereocenters. The highest BCUT2D eigenvalue weighted by atomic mass is 32.2. The quantitative estimate of drug-likeness (QED) is 0.408. The van der Waals surface area contributed by atoms with Crippen molar-refractivity contribution < 1.29 is 18.1 Å². The first-order chi connectivity index (χ1) is 15.7. The van der Waals surface area contributed by atoms with Gasteiger partial charge in [-0.25, -0.2) is 8.42 Å². The fraction of sp³-hybridized carbons (Fsp3) is 0.458. The normalized spacial score (nSPS) is 15.5. The lowest BCUT2D eigenvalue weighted by atomic mass is 9.99. The van der Waals surface area contributed by atoms with E-state index in [2.05, 4.69) is 13.8 Å². The Hall–Kier alpha value is -2.94. The molecule has 2 aromatic carbocycles. The second kappa shape index (κ2) is 10.8. The second-order valence-corrected chi connectivity index (χ2v) is 10.3. The van der Waals surface area contributed by atoms with Crippen molar-refractivity contribution in [2.24, 2.45) is 0 Å². The first kappa shape index (κ1) is 24.7. The number of rotatable bonds is 8. The minimum Gasteiger partial charge on any atom is -0.341 e. The van der Waals surface area contributed by atoms with Crippen LogP contribution >= 0.6 is 0 Å². The molecule has 0 aliphatic carbocycles. The van der Waals surface area contributed by atoms with E-state index >= 15 is 0 Å². The minimum atomic E-state index is -4.21. The lowest BCUT2D eigenvalue weighted by Gasteiger charge is -2.28. The van der Waals surface area contributed by atoms with Gasteiger partial charge in [-0.1, -0.05) is 44.9 Å². The summed E-state index contributed by atoms with van der Waals surface area (Å²) in [7, 11) is -4.21. The number of nitro groups is 1. The topological polar surface area (TPSA) is 101 Å². The standard InChI is InChI=1S/C24H31N3O5S/c1-3-19(2)20-11-13-21(14-12-20)26(18-24(28)25-15-6-4-5-7-16-25)33(31,32)23-10-8-9-22(17-23)27(29)30/h8-14,17,19H,3-7,15-16,18H2,1-2H3. The molecule has 2 aromatic rings. The van der Waals surface area contributed by atoms with E-state index in [0.717, 1.165) is 48.0 Å². The molecule has 1 amide bonds. The molecule has 178 valence electrons. The van der Waals surface area contributed by atoms with Crippen LogP contribution in [0.3, 0.4) is 0 Å². The zero-order valence-electron chi connectivity index (χ0n) is 19.1. The number of hydrogen-bond donors (Lipinski definition) is 0. The summed E-state index contributed by atoms with van der Waals surface area (Å²) in [4.78, 5) is 25.2. The van der Waals surface area contributed by atoms with Crippen LogP contribution in [0.5, 0.6) is 0 Å². The smallest absolute Gasteiger partial charge is 0.270 e. The van der Waals surface area contributed by atoms with E-state index in [1.54, 1.807) is 17.0 Å². The Morgan fingerprint density at radius 3 is 2.30 bits per heavy atom. The Labute approximate surface area is 195 Å². The summed E-state index contributed by atoms with van der Waals surface area (Å²) in [5.41, 5.74) is 1.12. The van der Waals surface area contributed by atoms with Crippen LogP contribution in [0, 0.1) is 10.1 Å². The molecule has 0 N–H and O–H groups in total. The van der Waals surface area contributed by atoms with Crippen molar-refractivity contribution in [1.82, 2.24) is 4.90 Å². The average Bonchev–Trinajstić information content (AvgIpc) is 3.12. The van der Waals surface area contributed by atoms with Crippen molar-refractivity contribution in [3.8, 4) is 0 Å². The van der Waals surface area contributed by atoms with Crippen LogP contribution in [0.15, 0.2) is 53.4 Å². The van der Waals surface area contributed by atoms with Crippen LogP contribution in [0.2, 0.25) is 0 Å². The summed E-state index contributed by atoms with van der Waals surface area (Å²) in [5, 5.41) is 11.2. The van der Waals surface area contributed by atoms with Crippen LogP contribution < -0.4 is 4.31 Å². The van der Waals surface area contributed by atoms with Crippen LogP contribution in [-0.4, -0.2) is 43.8 Å². The van der Waals surface area contributed by atoms with E-state index in [0.29, 0.717) is 24.7 Å². The van der Waals surface area contributed by atoms with E-state index < -0.39 is 14.9 Å². The molecule has 1 aliphatic heterocycles. The Bertz CT molecular complexity index is 1080. The van der Waals surface area contributed by atoms with E-state index in [-0.39, 0.29) is 23.0 Å². The number of sulfonamides is 1. The number of amides is 1. The number of anilines is 1. The van der Waals surface area contributed by atoms with Gasteiger partial charge in [0.2, 0.25) is 5.91 Å². The number of non-ortho nitro benzene ring substituents is 1. The maximum absolute atomic E-state index is 13.6. The SMILES string of the molecule is CCC(C)c1ccc(N(CC(=O)N2CCCCCC2)S(=O)(=O)c2cccc([N+](=O)[O-])c2)cc1. The largest absolute Gasteiger partial charge is 0.341 e. The second-order valence-electron chi connectivity index (χ2n) is 8.46. The lowest BCUT2D eigenvalue weighted by molar-refractivity contribution is -0.385. The summed E-state index contributed by atoms with van der Waals surface area (Å²) in [6.45, 7) is 5.04. The lowest BCUT2D eigenvalue weighted by Crippen LogP contribution is -2.43. The molecule has 0 spiro atoms. The number of likely N-dealkylation sites (tertiary alicyclic amines) is 1. The van der Waals surface area contributed by atoms with Crippen LogP contribution in [-0.2, 0) is 14.8 Å². The maximum Gasteiger partial charge on any atom is 0.270 e. The molecule has 9 heteroatoms. The molecule has 0 radical (unpaired) electrons. The number of carbonyl (C=O) groups excluding carboxylic acids is 1. The van der Waals surface area contributed by atoms with Gasteiger partial charge in [0, 0.05) is 25.2 Å². The van der Waals surface area contributed by atoms with Crippen LogP contribution in [0.25, 0.3) is 0 Å². The summed E-state index contributed by atoms with van der Waals surface area (Å²) in [6.07, 6.45) is 4.84. The molecule has 1 saturated heterocycles. The Kier molecular flexibility index (Phi) is 8.07. The van der Waals surface area contributed by atoms with Crippen molar-refractivity contribution in [2.45, 2.75) is 56.8 Å². The van der Waals surface area contributed by atoms with Crippen LogP contribution in [0.1, 0.15) is 57.4 Å². The van der Waals surface area contributed by atoms with Gasteiger partial charge in [-0.15, -0.1) is 0 Å². The van der Waals surface area contributed by atoms with Gasteiger partial charge in [-0.2, -0.15) is 0 Å². The molecule has 0 bridgehead atoms. The van der Waals surface area contributed by atoms with Crippen LogP contribution in [0.4, 0.5) is 11.4 Å². The van der Waals surface area contributed by atoms with Gasteiger partial charge in [0.1, 0.15) is 6.54 Å². The molecular formula is C24H31N3O5S. The fourth-order valence-electron chi connectivity index (χ4n) is 3.95. The molecule has 1 aliphatic rings. The van der Waals surface area contributed by atoms with Crippen molar-refractivity contribution >= 4 is 27.3 Å². The van der Waals surface area contributed by atoms with Gasteiger partial charge in [0.25, 0.3) is 15.7 Å². The predicted molar refractivity (Wildman–Crippen MR) is 128 cm³/mol. The Morgan fingerprint density at radius 2 is 1.73 bits per heavy atom. The van der Waals surface area contributed by atoms with E-state index in [1.165, 1.54) is 18.2 Å². The zero-order valence-corrected chi connectivity index (χ0v) is 20.0. The highest BCUT2D eigenvalue weighted by molar-refractivity contribution is 7.92. The van der Waals surface area contributed by atoms with Gasteiger partial charge >= 0.3 is 0 Å². The molecule has 1 heterocycles. The number of benzene rings is 2. The Balaban J connectivity index is 1.99. The molecule has 1 fully saturated rings. The van der Waals surface area contributed by atoms with Crippen molar-refractivity contribution in [1.29, 1.82) is 0 Å². The summed E-state index contributed by atoms with van der Waals surface area (Å²) in [6, 6.07) is 12.1.